The molecule has 2 amide bonds. The molecule has 2 unspecified atom stereocenters. The Morgan fingerprint density at radius 1 is 1.21 bits per heavy atom. The Labute approximate surface area is 165 Å². The topological polar surface area (TPSA) is 87.5 Å². The predicted octanol–water partition coefficient (Wildman–Crippen LogP) is 3.63. The van der Waals surface area contributed by atoms with Gasteiger partial charge in [0.1, 0.15) is 5.82 Å². The van der Waals surface area contributed by atoms with Gasteiger partial charge in [-0.05, 0) is 29.4 Å². The molecule has 0 spiro atoms. The maximum absolute atomic E-state index is 12.7. The first-order valence-electron chi connectivity index (χ1n) is 9.73. The van der Waals surface area contributed by atoms with E-state index in [2.05, 4.69) is 48.5 Å². The third-order valence-corrected chi connectivity index (χ3v) is 5.23. The predicted molar refractivity (Wildman–Crippen MR) is 107 cm³/mol. The SMILES string of the molecule is CC1CC(C(=O)O)CN(C(=O)Nc2ccnn2Cc2ccc(C(C)C)cc2)C1. The highest BCUT2D eigenvalue weighted by Gasteiger charge is 2.32. The molecule has 1 aliphatic rings. The lowest BCUT2D eigenvalue weighted by Gasteiger charge is -2.34. The van der Waals surface area contributed by atoms with Gasteiger partial charge in [-0.15, -0.1) is 0 Å². The van der Waals surface area contributed by atoms with Gasteiger partial charge in [0, 0.05) is 19.2 Å². The number of hydrogen-bond acceptors (Lipinski definition) is 3. The van der Waals surface area contributed by atoms with Crippen LogP contribution in [-0.4, -0.2) is 44.9 Å². The summed E-state index contributed by atoms with van der Waals surface area (Å²) in [6.45, 7) is 7.63. The first kappa shape index (κ1) is 19.9. The van der Waals surface area contributed by atoms with Crippen LogP contribution in [-0.2, 0) is 11.3 Å². The second kappa shape index (κ2) is 8.46. The van der Waals surface area contributed by atoms with E-state index in [4.69, 9.17) is 0 Å². The molecule has 0 saturated carbocycles. The van der Waals surface area contributed by atoms with Gasteiger partial charge in [0.2, 0.25) is 0 Å². The second-order valence-corrected chi connectivity index (χ2v) is 7.98. The number of nitrogens with one attached hydrogen (secondary N) is 1. The molecule has 7 heteroatoms. The summed E-state index contributed by atoms with van der Waals surface area (Å²) < 4.78 is 1.74. The van der Waals surface area contributed by atoms with Crippen molar-refractivity contribution in [1.82, 2.24) is 14.7 Å². The molecule has 1 saturated heterocycles. The van der Waals surface area contributed by atoms with Crippen LogP contribution in [0.15, 0.2) is 36.5 Å². The number of benzene rings is 1. The van der Waals surface area contributed by atoms with Crippen LogP contribution >= 0.6 is 0 Å². The summed E-state index contributed by atoms with van der Waals surface area (Å²) in [5.41, 5.74) is 2.38. The lowest BCUT2D eigenvalue weighted by molar-refractivity contribution is -0.143. The number of nitrogens with zero attached hydrogens (tertiary/aromatic N) is 3. The molecule has 1 aromatic carbocycles. The Hall–Kier alpha value is -2.83. The van der Waals surface area contributed by atoms with Crippen LogP contribution in [0.5, 0.6) is 0 Å². The summed E-state index contributed by atoms with van der Waals surface area (Å²) in [4.78, 5) is 25.6. The second-order valence-electron chi connectivity index (χ2n) is 7.98. The molecule has 150 valence electrons. The fourth-order valence-electron chi connectivity index (χ4n) is 3.63. The van der Waals surface area contributed by atoms with Gasteiger partial charge in [-0.3, -0.25) is 10.1 Å². The van der Waals surface area contributed by atoms with Gasteiger partial charge in [-0.1, -0.05) is 45.0 Å². The number of carboxylic acid groups (broad SMARTS) is 1. The molecule has 2 aromatic rings. The van der Waals surface area contributed by atoms with E-state index in [0.29, 0.717) is 31.2 Å². The quantitative estimate of drug-likeness (QED) is 0.824. The van der Waals surface area contributed by atoms with Crippen molar-refractivity contribution in [2.75, 3.05) is 18.4 Å². The van der Waals surface area contributed by atoms with E-state index in [1.165, 1.54) is 5.56 Å². The van der Waals surface area contributed by atoms with Crippen molar-refractivity contribution < 1.29 is 14.7 Å². The van der Waals surface area contributed by atoms with Crippen molar-refractivity contribution in [3.63, 3.8) is 0 Å². The summed E-state index contributed by atoms with van der Waals surface area (Å²) in [7, 11) is 0. The molecule has 3 rings (SSSR count). The number of aliphatic carboxylic acids is 1. The van der Waals surface area contributed by atoms with E-state index in [-0.39, 0.29) is 18.5 Å². The van der Waals surface area contributed by atoms with Crippen molar-refractivity contribution in [3.05, 3.63) is 47.7 Å². The third-order valence-electron chi connectivity index (χ3n) is 5.23. The number of carbonyl (C=O) groups is 2. The summed E-state index contributed by atoms with van der Waals surface area (Å²) in [6.07, 6.45) is 2.25. The fraction of sp³-hybridized carbons (Fsp3) is 0.476. The Bertz CT molecular complexity index is 828. The van der Waals surface area contributed by atoms with Gasteiger partial charge in [0.15, 0.2) is 0 Å². The van der Waals surface area contributed by atoms with E-state index in [1.807, 2.05) is 6.92 Å². The molecule has 2 N–H and O–H groups in total. The minimum atomic E-state index is -0.848. The van der Waals surface area contributed by atoms with Gasteiger partial charge in [-0.25, -0.2) is 9.48 Å². The van der Waals surface area contributed by atoms with Crippen LogP contribution in [0.25, 0.3) is 0 Å². The van der Waals surface area contributed by atoms with Gasteiger partial charge in [0.25, 0.3) is 0 Å². The van der Waals surface area contributed by atoms with Gasteiger partial charge in [0.05, 0.1) is 18.7 Å². The first-order chi connectivity index (χ1) is 13.3. The minimum Gasteiger partial charge on any atom is -0.481 e. The molecule has 0 radical (unpaired) electrons. The number of carbonyl (C=O) groups excluding carboxylic acids is 1. The lowest BCUT2D eigenvalue weighted by atomic mass is 9.91. The fourth-order valence-corrected chi connectivity index (χ4v) is 3.63. The molecular weight excluding hydrogens is 356 g/mol. The van der Waals surface area contributed by atoms with Crippen LogP contribution in [0.4, 0.5) is 10.6 Å². The number of anilines is 1. The minimum absolute atomic E-state index is 0.157. The molecule has 0 aliphatic carbocycles. The Kier molecular flexibility index (Phi) is 6.02. The van der Waals surface area contributed by atoms with Crippen LogP contribution in [0.3, 0.4) is 0 Å². The first-order valence-corrected chi connectivity index (χ1v) is 9.73. The van der Waals surface area contributed by atoms with E-state index in [0.717, 1.165) is 5.56 Å². The number of likely N-dealkylation sites (tertiary alicyclic amines) is 1. The van der Waals surface area contributed by atoms with Crippen LogP contribution in [0, 0.1) is 11.8 Å². The Morgan fingerprint density at radius 3 is 2.57 bits per heavy atom. The molecule has 1 aliphatic heterocycles. The average molecular weight is 384 g/mol. The number of piperidine rings is 1. The number of rotatable bonds is 5. The van der Waals surface area contributed by atoms with Crippen molar-refractivity contribution in [1.29, 1.82) is 0 Å². The van der Waals surface area contributed by atoms with Crippen molar-refractivity contribution in [2.45, 2.75) is 39.7 Å². The molecule has 0 bridgehead atoms. The average Bonchev–Trinajstić information content (AvgIpc) is 3.08. The van der Waals surface area contributed by atoms with Crippen molar-refractivity contribution in [2.24, 2.45) is 11.8 Å². The van der Waals surface area contributed by atoms with E-state index >= 15 is 0 Å². The smallest absolute Gasteiger partial charge is 0.323 e. The normalized spacial score (nSPS) is 19.6. The molecule has 7 nitrogen and oxygen atoms in total. The summed E-state index contributed by atoms with van der Waals surface area (Å²) in [5.74, 6) is -0.124. The molecule has 1 fully saturated rings. The number of urea groups is 1. The highest BCUT2D eigenvalue weighted by Crippen LogP contribution is 2.23. The zero-order valence-corrected chi connectivity index (χ0v) is 16.6. The summed E-state index contributed by atoms with van der Waals surface area (Å²) in [5, 5.41) is 16.5. The Morgan fingerprint density at radius 2 is 1.93 bits per heavy atom. The van der Waals surface area contributed by atoms with Crippen LogP contribution < -0.4 is 5.32 Å². The largest absolute Gasteiger partial charge is 0.481 e. The number of amides is 2. The molecule has 2 atom stereocenters. The summed E-state index contributed by atoms with van der Waals surface area (Å²) >= 11 is 0. The molecular formula is C21H28N4O3. The van der Waals surface area contributed by atoms with E-state index < -0.39 is 11.9 Å². The zero-order chi connectivity index (χ0) is 20.3. The number of hydrogen-bond donors (Lipinski definition) is 2. The molecule has 2 heterocycles. The molecule has 28 heavy (non-hydrogen) atoms. The molecule has 1 aromatic heterocycles. The number of carboxylic acids is 1. The number of aromatic nitrogens is 2. The zero-order valence-electron chi connectivity index (χ0n) is 16.6. The third kappa shape index (κ3) is 4.71. The van der Waals surface area contributed by atoms with Crippen molar-refractivity contribution in [3.8, 4) is 0 Å². The maximum atomic E-state index is 12.7. The maximum Gasteiger partial charge on any atom is 0.323 e. The van der Waals surface area contributed by atoms with E-state index in [9.17, 15) is 14.7 Å². The van der Waals surface area contributed by atoms with E-state index in [1.54, 1.807) is 21.8 Å². The van der Waals surface area contributed by atoms with Gasteiger partial charge >= 0.3 is 12.0 Å². The summed E-state index contributed by atoms with van der Waals surface area (Å²) in [6, 6.07) is 9.85. The van der Waals surface area contributed by atoms with Gasteiger partial charge in [-0.2, -0.15) is 5.10 Å². The van der Waals surface area contributed by atoms with Crippen molar-refractivity contribution >= 4 is 17.8 Å². The highest BCUT2D eigenvalue weighted by atomic mass is 16.4. The van der Waals surface area contributed by atoms with Gasteiger partial charge < -0.3 is 10.0 Å². The standard InChI is InChI=1S/C21H28N4O3/c1-14(2)17-6-4-16(5-7-17)12-25-19(8-9-22-25)23-21(28)24-11-15(3)10-18(13-24)20(26)27/h4-9,14-15,18H,10-13H2,1-3H3,(H,23,28)(H,26,27). The van der Waals surface area contributed by atoms with Crippen LogP contribution in [0.2, 0.25) is 0 Å². The monoisotopic (exact) mass is 384 g/mol. The lowest BCUT2D eigenvalue weighted by Crippen LogP contribution is -2.47. The highest BCUT2D eigenvalue weighted by molar-refractivity contribution is 5.89. The Balaban J connectivity index is 1.66. The van der Waals surface area contributed by atoms with Crippen LogP contribution in [0.1, 0.15) is 44.2 Å².